The molecule has 0 saturated carbocycles. The summed E-state index contributed by atoms with van der Waals surface area (Å²) >= 11 is 0. The van der Waals surface area contributed by atoms with Crippen LogP contribution in [-0.4, -0.2) is 27.6 Å². The van der Waals surface area contributed by atoms with Crippen molar-refractivity contribution in [2.75, 3.05) is 7.05 Å². The Bertz CT molecular complexity index is 806. The van der Waals surface area contributed by atoms with E-state index in [9.17, 15) is 4.79 Å². The minimum absolute atomic E-state index is 0.0125. The zero-order valence-corrected chi connectivity index (χ0v) is 14.0. The number of nitrogens with zero attached hydrogens (tertiary/aromatic N) is 3. The molecule has 0 bridgehead atoms. The van der Waals surface area contributed by atoms with Gasteiger partial charge in [-0.15, -0.1) is 0 Å². The van der Waals surface area contributed by atoms with E-state index in [2.05, 4.69) is 17.2 Å². The number of benzene rings is 2. The Morgan fingerprint density at radius 1 is 1.00 bits per heavy atom. The Hall–Kier alpha value is -2.88. The van der Waals surface area contributed by atoms with Crippen LogP contribution < -0.4 is 0 Å². The predicted molar refractivity (Wildman–Crippen MR) is 95.6 cm³/mol. The van der Waals surface area contributed by atoms with E-state index in [0.29, 0.717) is 12.1 Å². The third kappa shape index (κ3) is 3.38. The van der Waals surface area contributed by atoms with Crippen LogP contribution in [0, 0.1) is 0 Å². The molecular weight excluding hydrogens is 298 g/mol. The molecule has 4 nitrogen and oxygen atoms in total. The molecule has 0 aliphatic rings. The highest BCUT2D eigenvalue weighted by molar-refractivity contribution is 5.94. The maximum absolute atomic E-state index is 12.6. The molecule has 0 aliphatic heterocycles. The molecule has 0 fully saturated rings. The van der Waals surface area contributed by atoms with Crippen LogP contribution in [-0.2, 0) is 13.1 Å². The molecule has 4 heteroatoms. The molecule has 3 aromatic rings. The van der Waals surface area contributed by atoms with E-state index >= 15 is 0 Å². The molecule has 1 aromatic heterocycles. The number of amides is 1. The summed E-state index contributed by atoms with van der Waals surface area (Å²) in [5, 5.41) is 4.24. The average Bonchev–Trinajstić information content (AvgIpc) is 3.09. The average molecular weight is 319 g/mol. The minimum Gasteiger partial charge on any atom is -0.336 e. The van der Waals surface area contributed by atoms with Crippen molar-refractivity contribution in [3.8, 4) is 11.1 Å². The first-order valence-corrected chi connectivity index (χ1v) is 8.10. The van der Waals surface area contributed by atoms with Crippen LogP contribution in [0.25, 0.3) is 11.1 Å². The molecule has 3 rings (SSSR count). The second-order valence-corrected chi connectivity index (χ2v) is 5.74. The number of carbonyl (C=O) groups excluding carboxylic acids is 1. The van der Waals surface area contributed by atoms with Crippen LogP contribution in [0.2, 0.25) is 0 Å². The van der Waals surface area contributed by atoms with E-state index in [-0.39, 0.29) is 5.91 Å². The maximum atomic E-state index is 12.6. The van der Waals surface area contributed by atoms with Crippen LogP contribution in [0.15, 0.2) is 66.9 Å². The van der Waals surface area contributed by atoms with Gasteiger partial charge in [-0.05, 0) is 36.2 Å². The molecule has 24 heavy (non-hydrogen) atoms. The fourth-order valence-corrected chi connectivity index (χ4v) is 2.75. The number of aromatic nitrogens is 2. The highest BCUT2D eigenvalue weighted by atomic mass is 16.2. The zero-order valence-electron chi connectivity index (χ0n) is 14.0. The van der Waals surface area contributed by atoms with Gasteiger partial charge in [0, 0.05) is 25.4 Å². The monoisotopic (exact) mass is 319 g/mol. The number of carbonyl (C=O) groups is 1. The van der Waals surface area contributed by atoms with Gasteiger partial charge in [-0.1, -0.05) is 42.5 Å². The summed E-state index contributed by atoms with van der Waals surface area (Å²) in [5.74, 6) is 0.0125. The Balaban J connectivity index is 1.73. The van der Waals surface area contributed by atoms with Crippen molar-refractivity contribution in [3.05, 3.63) is 78.1 Å². The Kier molecular flexibility index (Phi) is 4.75. The summed E-state index contributed by atoms with van der Waals surface area (Å²) in [6.45, 7) is 3.39. The molecule has 0 saturated heterocycles. The lowest BCUT2D eigenvalue weighted by Gasteiger charge is -2.18. The van der Waals surface area contributed by atoms with Gasteiger partial charge in [-0.25, -0.2) is 0 Å². The molecule has 0 aliphatic carbocycles. The zero-order chi connectivity index (χ0) is 16.9. The van der Waals surface area contributed by atoms with Gasteiger partial charge in [0.05, 0.1) is 12.2 Å². The summed E-state index contributed by atoms with van der Waals surface area (Å²) in [6.07, 6.45) is 1.77. The molecule has 0 spiro atoms. The molecule has 0 unspecified atom stereocenters. The van der Waals surface area contributed by atoms with Crippen LogP contribution in [0.4, 0.5) is 0 Å². The van der Waals surface area contributed by atoms with Gasteiger partial charge >= 0.3 is 0 Å². The standard InChI is InChI=1S/C20H21N3O/c1-3-23-19(13-14-21-23)15-22(2)20(24)18-11-9-17(10-12-18)16-7-5-4-6-8-16/h4-14H,3,15H2,1-2H3. The van der Waals surface area contributed by atoms with Crippen LogP contribution in [0.1, 0.15) is 23.0 Å². The van der Waals surface area contributed by atoms with Crippen LogP contribution in [0.5, 0.6) is 0 Å². The summed E-state index contributed by atoms with van der Waals surface area (Å²) in [6, 6.07) is 19.9. The highest BCUT2D eigenvalue weighted by Crippen LogP contribution is 2.20. The minimum atomic E-state index is 0.0125. The Morgan fingerprint density at radius 3 is 2.33 bits per heavy atom. The van der Waals surface area contributed by atoms with Gasteiger partial charge in [0.2, 0.25) is 0 Å². The number of hydrogen-bond acceptors (Lipinski definition) is 2. The van der Waals surface area contributed by atoms with Crippen molar-refractivity contribution in [3.63, 3.8) is 0 Å². The Morgan fingerprint density at radius 2 is 1.67 bits per heavy atom. The van der Waals surface area contributed by atoms with Gasteiger partial charge in [-0.2, -0.15) is 5.10 Å². The van der Waals surface area contributed by atoms with Gasteiger partial charge in [0.1, 0.15) is 0 Å². The topological polar surface area (TPSA) is 38.1 Å². The molecule has 0 N–H and O–H groups in total. The van der Waals surface area contributed by atoms with Gasteiger partial charge in [-0.3, -0.25) is 9.48 Å². The first-order valence-electron chi connectivity index (χ1n) is 8.10. The lowest BCUT2D eigenvalue weighted by molar-refractivity contribution is 0.0781. The first kappa shape index (κ1) is 16.0. The highest BCUT2D eigenvalue weighted by Gasteiger charge is 2.14. The van der Waals surface area contributed by atoms with E-state index < -0.39 is 0 Å². The van der Waals surface area contributed by atoms with Crippen molar-refractivity contribution >= 4 is 5.91 Å². The Labute approximate surface area is 142 Å². The maximum Gasteiger partial charge on any atom is 0.253 e. The summed E-state index contributed by atoms with van der Waals surface area (Å²) in [4.78, 5) is 14.3. The lowest BCUT2D eigenvalue weighted by atomic mass is 10.0. The normalized spacial score (nSPS) is 10.6. The van der Waals surface area contributed by atoms with E-state index in [1.807, 2.05) is 67.2 Å². The molecule has 2 aromatic carbocycles. The smallest absolute Gasteiger partial charge is 0.253 e. The third-order valence-electron chi connectivity index (χ3n) is 4.09. The second kappa shape index (κ2) is 7.13. The molecular formula is C20H21N3O. The van der Waals surface area contributed by atoms with Gasteiger partial charge in [0.25, 0.3) is 5.91 Å². The largest absolute Gasteiger partial charge is 0.336 e. The van der Waals surface area contributed by atoms with Crippen molar-refractivity contribution in [2.45, 2.75) is 20.0 Å². The quantitative estimate of drug-likeness (QED) is 0.716. The molecule has 1 amide bonds. The lowest BCUT2D eigenvalue weighted by Crippen LogP contribution is -2.27. The van der Waals surface area contributed by atoms with Crippen molar-refractivity contribution in [2.24, 2.45) is 0 Å². The van der Waals surface area contributed by atoms with E-state index in [0.717, 1.165) is 23.4 Å². The first-order chi connectivity index (χ1) is 11.7. The van der Waals surface area contributed by atoms with E-state index in [4.69, 9.17) is 0 Å². The van der Waals surface area contributed by atoms with E-state index in [1.54, 1.807) is 11.1 Å². The molecule has 1 heterocycles. The van der Waals surface area contributed by atoms with Gasteiger partial charge < -0.3 is 4.90 Å². The molecule has 122 valence electrons. The van der Waals surface area contributed by atoms with E-state index in [1.165, 1.54) is 0 Å². The SMILES string of the molecule is CCn1nccc1CN(C)C(=O)c1ccc(-c2ccccc2)cc1. The van der Waals surface area contributed by atoms with Crippen LogP contribution in [0.3, 0.4) is 0 Å². The fraction of sp³-hybridized carbons (Fsp3) is 0.200. The predicted octanol–water partition coefficient (Wildman–Crippen LogP) is 3.84. The van der Waals surface area contributed by atoms with Crippen molar-refractivity contribution < 1.29 is 4.79 Å². The fourth-order valence-electron chi connectivity index (χ4n) is 2.75. The third-order valence-corrected chi connectivity index (χ3v) is 4.09. The molecule has 0 radical (unpaired) electrons. The summed E-state index contributed by atoms with van der Waals surface area (Å²) in [7, 11) is 1.82. The number of rotatable bonds is 5. The second-order valence-electron chi connectivity index (χ2n) is 5.74. The van der Waals surface area contributed by atoms with Crippen molar-refractivity contribution in [1.29, 1.82) is 0 Å². The number of hydrogen-bond donors (Lipinski definition) is 0. The molecule has 0 atom stereocenters. The summed E-state index contributed by atoms with van der Waals surface area (Å²) < 4.78 is 1.91. The van der Waals surface area contributed by atoms with Gasteiger partial charge in [0.15, 0.2) is 0 Å². The number of aryl methyl sites for hydroxylation is 1. The van der Waals surface area contributed by atoms with Crippen LogP contribution >= 0.6 is 0 Å². The summed E-state index contributed by atoms with van der Waals surface area (Å²) in [5.41, 5.74) is 3.99. The van der Waals surface area contributed by atoms with Crippen molar-refractivity contribution in [1.82, 2.24) is 14.7 Å².